The third kappa shape index (κ3) is 2.05. The largest absolute Gasteiger partial charge is 0.382 e. The Labute approximate surface area is 109 Å². The van der Waals surface area contributed by atoms with Gasteiger partial charge in [-0.05, 0) is 30.7 Å². The molecule has 2 aromatic rings. The molecule has 3 N–H and O–H groups in total. The number of H-pyrrole nitrogens is 1. The van der Waals surface area contributed by atoms with Crippen molar-refractivity contribution < 1.29 is 9.18 Å². The van der Waals surface area contributed by atoms with Gasteiger partial charge in [0.15, 0.2) is 0 Å². The summed E-state index contributed by atoms with van der Waals surface area (Å²) in [6.45, 7) is 1.04. The van der Waals surface area contributed by atoms with E-state index in [1.807, 2.05) is 0 Å². The molecule has 0 bridgehead atoms. The van der Waals surface area contributed by atoms with E-state index in [4.69, 9.17) is 5.73 Å². The number of amides is 1. The fraction of sp³-hybridized carbons (Fsp3) is 0.231. The van der Waals surface area contributed by atoms with Crippen molar-refractivity contribution >= 4 is 11.7 Å². The van der Waals surface area contributed by atoms with Gasteiger partial charge in [-0.15, -0.1) is 0 Å². The number of benzene rings is 1. The predicted molar refractivity (Wildman–Crippen MR) is 67.8 cm³/mol. The minimum atomic E-state index is -0.348. The van der Waals surface area contributed by atoms with Gasteiger partial charge in [-0.1, -0.05) is 0 Å². The molecule has 1 aromatic heterocycles. The van der Waals surface area contributed by atoms with E-state index in [9.17, 15) is 9.18 Å². The van der Waals surface area contributed by atoms with Crippen molar-refractivity contribution in [1.82, 2.24) is 15.1 Å². The number of fused-ring (bicyclic) bond motifs is 1. The van der Waals surface area contributed by atoms with Crippen molar-refractivity contribution in [3.63, 3.8) is 0 Å². The second kappa shape index (κ2) is 4.38. The van der Waals surface area contributed by atoms with Crippen molar-refractivity contribution in [2.75, 3.05) is 12.3 Å². The molecule has 6 heteroatoms. The van der Waals surface area contributed by atoms with Crippen molar-refractivity contribution in [2.45, 2.75) is 13.0 Å². The SMILES string of the molecule is Nc1n[nH]c2c1CCN(C(=O)c1ccc(F)cc1)C2. The maximum Gasteiger partial charge on any atom is 0.254 e. The number of anilines is 1. The van der Waals surface area contributed by atoms with Crippen LogP contribution in [0.2, 0.25) is 0 Å². The number of rotatable bonds is 1. The highest BCUT2D eigenvalue weighted by Gasteiger charge is 2.24. The van der Waals surface area contributed by atoms with Gasteiger partial charge < -0.3 is 10.6 Å². The quantitative estimate of drug-likeness (QED) is 0.812. The molecule has 0 fully saturated rings. The Morgan fingerprint density at radius 3 is 2.84 bits per heavy atom. The lowest BCUT2D eigenvalue weighted by molar-refractivity contribution is 0.0732. The van der Waals surface area contributed by atoms with Crippen LogP contribution in [-0.2, 0) is 13.0 Å². The van der Waals surface area contributed by atoms with Gasteiger partial charge >= 0.3 is 0 Å². The standard InChI is InChI=1S/C13H13FN4O/c14-9-3-1-8(2-4-9)13(19)18-6-5-10-11(7-18)16-17-12(10)15/h1-4H,5-7H2,(H3,15,16,17). The van der Waals surface area contributed by atoms with Crippen LogP contribution < -0.4 is 5.73 Å². The highest BCUT2D eigenvalue weighted by Crippen LogP contribution is 2.22. The van der Waals surface area contributed by atoms with E-state index in [1.54, 1.807) is 4.90 Å². The molecule has 1 aliphatic rings. The lowest BCUT2D eigenvalue weighted by Crippen LogP contribution is -2.36. The molecule has 0 atom stereocenters. The zero-order valence-electron chi connectivity index (χ0n) is 10.2. The molecule has 0 aliphatic carbocycles. The molecule has 0 spiro atoms. The van der Waals surface area contributed by atoms with Crippen LogP contribution in [0, 0.1) is 5.82 Å². The Balaban J connectivity index is 1.81. The molecule has 5 nitrogen and oxygen atoms in total. The van der Waals surface area contributed by atoms with E-state index in [2.05, 4.69) is 10.2 Å². The molecular formula is C13H13FN4O. The van der Waals surface area contributed by atoms with Gasteiger partial charge in [-0.3, -0.25) is 9.89 Å². The van der Waals surface area contributed by atoms with Gasteiger partial charge in [-0.25, -0.2) is 4.39 Å². The second-order valence-corrected chi connectivity index (χ2v) is 4.55. The number of nitrogens with zero attached hydrogens (tertiary/aromatic N) is 2. The summed E-state index contributed by atoms with van der Waals surface area (Å²) in [5, 5.41) is 6.78. The first kappa shape index (κ1) is 11.7. The van der Waals surface area contributed by atoms with Gasteiger partial charge in [0.25, 0.3) is 5.91 Å². The summed E-state index contributed by atoms with van der Waals surface area (Å²) in [6, 6.07) is 5.57. The summed E-state index contributed by atoms with van der Waals surface area (Å²) in [5.41, 5.74) is 8.07. The fourth-order valence-corrected chi connectivity index (χ4v) is 2.29. The fourth-order valence-electron chi connectivity index (χ4n) is 2.29. The molecule has 0 radical (unpaired) electrons. The Bertz CT molecular complexity index is 620. The van der Waals surface area contributed by atoms with Gasteiger partial charge in [0.1, 0.15) is 11.6 Å². The average molecular weight is 260 g/mol. The summed E-state index contributed by atoms with van der Waals surface area (Å²) in [6.07, 6.45) is 0.685. The molecule has 1 amide bonds. The van der Waals surface area contributed by atoms with Crippen LogP contribution in [0.25, 0.3) is 0 Å². The van der Waals surface area contributed by atoms with Crippen molar-refractivity contribution in [1.29, 1.82) is 0 Å². The van der Waals surface area contributed by atoms with E-state index < -0.39 is 0 Å². The van der Waals surface area contributed by atoms with Crippen molar-refractivity contribution in [3.05, 3.63) is 46.9 Å². The van der Waals surface area contributed by atoms with E-state index >= 15 is 0 Å². The number of carbonyl (C=O) groups excluding carboxylic acids is 1. The highest BCUT2D eigenvalue weighted by atomic mass is 19.1. The zero-order valence-corrected chi connectivity index (χ0v) is 10.2. The van der Waals surface area contributed by atoms with Crippen molar-refractivity contribution in [2.24, 2.45) is 0 Å². The number of nitrogen functional groups attached to an aromatic ring is 1. The van der Waals surface area contributed by atoms with Crippen LogP contribution in [0.5, 0.6) is 0 Å². The Hall–Kier alpha value is -2.37. The summed E-state index contributed by atoms with van der Waals surface area (Å²) in [5.74, 6) is 0.0431. The Kier molecular flexibility index (Phi) is 2.70. The molecule has 2 heterocycles. The number of aromatic nitrogens is 2. The van der Waals surface area contributed by atoms with Gasteiger partial charge in [-0.2, -0.15) is 5.10 Å². The monoisotopic (exact) mass is 260 g/mol. The first-order valence-electron chi connectivity index (χ1n) is 6.01. The van der Waals surface area contributed by atoms with Gasteiger partial charge in [0.2, 0.25) is 0 Å². The molecule has 3 rings (SSSR count). The Morgan fingerprint density at radius 1 is 1.37 bits per heavy atom. The second-order valence-electron chi connectivity index (χ2n) is 4.55. The smallest absolute Gasteiger partial charge is 0.254 e. The molecule has 19 heavy (non-hydrogen) atoms. The number of carbonyl (C=O) groups is 1. The molecule has 1 aliphatic heterocycles. The summed E-state index contributed by atoms with van der Waals surface area (Å²) >= 11 is 0. The Morgan fingerprint density at radius 2 is 2.11 bits per heavy atom. The number of halogens is 1. The first-order valence-corrected chi connectivity index (χ1v) is 6.01. The molecule has 0 saturated carbocycles. The molecule has 98 valence electrons. The minimum Gasteiger partial charge on any atom is -0.382 e. The van der Waals surface area contributed by atoms with E-state index in [-0.39, 0.29) is 11.7 Å². The van der Waals surface area contributed by atoms with E-state index in [1.165, 1.54) is 24.3 Å². The number of aromatic amines is 1. The molecule has 1 aromatic carbocycles. The zero-order chi connectivity index (χ0) is 13.4. The molecular weight excluding hydrogens is 247 g/mol. The maximum absolute atomic E-state index is 12.8. The normalized spacial score (nSPS) is 14.3. The number of nitrogens with two attached hydrogens (primary N) is 1. The number of nitrogens with one attached hydrogen (secondary N) is 1. The summed E-state index contributed by atoms with van der Waals surface area (Å²) < 4.78 is 12.8. The van der Waals surface area contributed by atoms with Crippen LogP contribution in [0.1, 0.15) is 21.6 Å². The van der Waals surface area contributed by atoms with E-state index in [0.717, 1.165) is 11.3 Å². The number of hydrogen-bond acceptors (Lipinski definition) is 3. The minimum absolute atomic E-state index is 0.112. The third-order valence-corrected chi connectivity index (χ3v) is 3.34. The van der Waals surface area contributed by atoms with Crippen molar-refractivity contribution in [3.8, 4) is 0 Å². The summed E-state index contributed by atoms with van der Waals surface area (Å²) in [7, 11) is 0. The third-order valence-electron chi connectivity index (χ3n) is 3.34. The lowest BCUT2D eigenvalue weighted by atomic mass is 10.1. The molecule has 0 saturated heterocycles. The van der Waals surface area contributed by atoms with Crippen LogP contribution in [0.15, 0.2) is 24.3 Å². The summed E-state index contributed by atoms with van der Waals surface area (Å²) in [4.78, 5) is 14.0. The number of hydrogen-bond donors (Lipinski definition) is 2. The predicted octanol–water partition coefficient (Wildman–Crippen LogP) is 1.33. The van der Waals surface area contributed by atoms with Crippen LogP contribution >= 0.6 is 0 Å². The van der Waals surface area contributed by atoms with Crippen LogP contribution in [0.4, 0.5) is 10.2 Å². The highest BCUT2D eigenvalue weighted by molar-refractivity contribution is 5.94. The van der Waals surface area contributed by atoms with Crippen LogP contribution in [0.3, 0.4) is 0 Å². The first-order chi connectivity index (χ1) is 9.15. The van der Waals surface area contributed by atoms with E-state index in [0.29, 0.717) is 30.9 Å². The maximum atomic E-state index is 12.8. The average Bonchev–Trinajstić information content (AvgIpc) is 2.80. The molecule has 0 unspecified atom stereocenters. The lowest BCUT2D eigenvalue weighted by Gasteiger charge is -2.26. The topological polar surface area (TPSA) is 75.0 Å². The van der Waals surface area contributed by atoms with Gasteiger partial charge in [0.05, 0.1) is 12.2 Å². The van der Waals surface area contributed by atoms with Gasteiger partial charge in [0, 0.05) is 17.7 Å². The van der Waals surface area contributed by atoms with Crippen LogP contribution in [-0.4, -0.2) is 27.5 Å².